The Morgan fingerprint density at radius 1 is 1.20 bits per heavy atom. The average Bonchev–Trinajstić information content (AvgIpc) is 2.45. The minimum Gasteiger partial charge on any atom is -0.490 e. The summed E-state index contributed by atoms with van der Waals surface area (Å²) >= 11 is 2.05. The molecule has 1 aromatic carbocycles. The molecule has 2 atom stereocenters. The first-order chi connectivity index (χ1) is 9.74. The fourth-order valence-electron chi connectivity index (χ4n) is 2.47. The topological polar surface area (TPSA) is 30.5 Å². The third kappa shape index (κ3) is 3.98. The lowest BCUT2D eigenvalue weighted by Gasteiger charge is -2.30. The van der Waals surface area contributed by atoms with Crippen LogP contribution in [0.25, 0.3) is 0 Å². The molecule has 1 aliphatic rings. The summed E-state index contributed by atoms with van der Waals surface area (Å²) in [5, 5.41) is 4.30. The molecular formula is C16H25NO2S. The van der Waals surface area contributed by atoms with Crippen LogP contribution in [0, 0.1) is 0 Å². The predicted molar refractivity (Wildman–Crippen MR) is 87.3 cm³/mol. The zero-order valence-corrected chi connectivity index (χ0v) is 13.5. The smallest absolute Gasteiger partial charge is 0.163 e. The molecule has 4 heteroatoms. The van der Waals surface area contributed by atoms with Gasteiger partial charge in [0.05, 0.1) is 13.2 Å². The Bertz CT molecular complexity index is 425. The van der Waals surface area contributed by atoms with Crippen LogP contribution in [0.3, 0.4) is 0 Å². The second-order valence-corrected chi connectivity index (χ2v) is 6.48. The zero-order valence-electron chi connectivity index (χ0n) is 12.6. The quantitative estimate of drug-likeness (QED) is 0.853. The molecular weight excluding hydrogens is 270 g/mol. The molecule has 3 nitrogen and oxygen atoms in total. The molecule has 1 saturated heterocycles. The van der Waals surface area contributed by atoms with Crippen molar-refractivity contribution >= 4 is 17.4 Å². The Morgan fingerprint density at radius 3 is 2.65 bits per heavy atom. The molecule has 1 aliphatic heterocycles. The SMILES string of the molecule is CCOc1ccc(NC2CCCSC2C)cc1OCC. The predicted octanol–water partition coefficient (Wildman–Crippen LogP) is 4.18. The van der Waals surface area contributed by atoms with Gasteiger partial charge in [-0.25, -0.2) is 0 Å². The minimum absolute atomic E-state index is 0.543. The number of benzene rings is 1. The van der Waals surface area contributed by atoms with Crippen LogP contribution in [-0.2, 0) is 0 Å². The van der Waals surface area contributed by atoms with E-state index in [2.05, 4.69) is 36.1 Å². The molecule has 0 aliphatic carbocycles. The maximum Gasteiger partial charge on any atom is 0.163 e. The molecule has 1 fully saturated rings. The van der Waals surface area contributed by atoms with Gasteiger partial charge in [0.1, 0.15) is 0 Å². The molecule has 2 rings (SSSR count). The molecule has 0 radical (unpaired) electrons. The number of hydrogen-bond donors (Lipinski definition) is 1. The highest BCUT2D eigenvalue weighted by molar-refractivity contribution is 8.00. The van der Waals surface area contributed by atoms with E-state index in [1.165, 1.54) is 18.6 Å². The van der Waals surface area contributed by atoms with Gasteiger partial charge in [0, 0.05) is 23.0 Å². The summed E-state index contributed by atoms with van der Waals surface area (Å²) in [5.41, 5.74) is 1.12. The molecule has 112 valence electrons. The van der Waals surface area contributed by atoms with Gasteiger partial charge in [-0.2, -0.15) is 11.8 Å². The Kier molecular flexibility index (Phi) is 5.89. The summed E-state index contributed by atoms with van der Waals surface area (Å²) in [4.78, 5) is 0. The highest BCUT2D eigenvalue weighted by Gasteiger charge is 2.21. The van der Waals surface area contributed by atoms with Gasteiger partial charge in [-0.05, 0) is 44.6 Å². The van der Waals surface area contributed by atoms with Crippen LogP contribution in [-0.4, -0.2) is 30.3 Å². The van der Waals surface area contributed by atoms with Crippen LogP contribution in [0.2, 0.25) is 0 Å². The van der Waals surface area contributed by atoms with E-state index in [1.54, 1.807) is 0 Å². The lowest BCUT2D eigenvalue weighted by Crippen LogP contribution is -2.32. The van der Waals surface area contributed by atoms with Crippen molar-refractivity contribution in [3.05, 3.63) is 18.2 Å². The number of thioether (sulfide) groups is 1. The molecule has 1 heterocycles. The Morgan fingerprint density at radius 2 is 1.95 bits per heavy atom. The van der Waals surface area contributed by atoms with Crippen LogP contribution in [0.15, 0.2) is 18.2 Å². The maximum absolute atomic E-state index is 5.68. The average molecular weight is 295 g/mol. The van der Waals surface area contributed by atoms with E-state index in [4.69, 9.17) is 9.47 Å². The van der Waals surface area contributed by atoms with Crippen molar-refractivity contribution in [3.63, 3.8) is 0 Å². The standard InChI is InChI=1S/C16H25NO2S/c1-4-18-15-9-8-13(11-16(15)19-5-2)17-14-7-6-10-20-12(14)3/h8-9,11-12,14,17H,4-7,10H2,1-3H3. The molecule has 0 aromatic heterocycles. The Hall–Kier alpha value is -1.03. The zero-order chi connectivity index (χ0) is 14.4. The fraction of sp³-hybridized carbons (Fsp3) is 0.625. The third-order valence-corrected chi connectivity index (χ3v) is 4.88. The van der Waals surface area contributed by atoms with Crippen molar-refractivity contribution in [3.8, 4) is 11.5 Å². The van der Waals surface area contributed by atoms with E-state index in [0.717, 1.165) is 17.2 Å². The van der Waals surface area contributed by atoms with Crippen LogP contribution < -0.4 is 14.8 Å². The molecule has 0 spiro atoms. The Labute approximate surface area is 126 Å². The first-order valence-electron chi connectivity index (χ1n) is 7.52. The van der Waals surface area contributed by atoms with Crippen LogP contribution in [0.5, 0.6) is 11.5 Å². The molecule has 0 saturated carbocycles. The van der Waals surface area contributed by atoms with Crippen LogP contribution >= 0.6 is 11.8 Å². The van der Waals surface area contributed by atoms with Crippen molar-refractivity contribution in [2.45, 2.75) is 44.9 Å². The van der Waals surface area contributed by atoms with Gasteiger partial charge in [0.2, 0.25) is 0 Å². The summed E-state index contributed by atoms with van der Waals surface area (Å²) < 4.78 is 11.3. The summed E-state index contributed by atoms with van der Waals surface area (Å²) in [7, 11) is 0. The monoisotopic (exact) mass is 295 g/mol. The second kappa shape index (κ2) is 7.67. The third-order valence-electron chi connectivity index (χ3n) is 3.50. The van der Waals surface area contributed by atoms with E-state index < -0.39 is 0 Å². The van der Waals surface area contributed by atoms with Crippen molar-refractivity contribution in [2.24, 2.45) is 0 Å². The highest BCUT2D eigenvalue weighted by atomic mass is 32.2. The van der Waals surface area contributed by atoms with Crippen LogP contribution in [0.4, 0.5) is 5.69 Å². The number of ether oxygens (including phenoxy) is 2. The van der Waals surface area contributed by atoms with Gasteiger partial charge in [0.25, 0.3) is 0 Å². The van der Waals surface area contributed by atoms with E-state index >= 15 is 0 Å². The number of nitrogens with one attached hydrogen (secondary N) is 1. The summed E-state index contributed by atoms with van der Waals surface area (Å²) in [6.45, 7) is 7.60. The largest absolute Gasteiger partial charge is 0.490 e. The summed E-state index contributed by atoms with van der Waals surface area (Å²) in [6.07, 6.45) is 2.54. The van der Waals surface area contributed by atoms with E-state index in [-0.39, 0.29) is 0 Å². The summed E-state index contributed by atoms with van der Waals surface area (Å²) in [6, 6.07) is 6.68. The number of hydrogen-bond acceptors (Lipinski definition) is 4. The first kappa shape index (κ1) is 15.4. The fourth-order valence-corrected chi connectivity index (χ4v) is 3.61. The minimum atomic E-state index is 0.543. The lowest BCUT2D eigenvalue weighted by atomic mass is 10.1. The van der Waals surface area contributed by atoms with Gasteiger partial charge in [-0.1, -0.05) is 6.92 Å². The molecule has 0 amide bonds. The van der Waals surface area contributed by atoms with Gasteiger partial charge in [0.15, 0.2) is 11.5 Å². The van der Waals surface area contributed by atoms with Crippen molar-refractivity contribution < 1.29 is 9.47 Å². The number of anilines is 1. The van der Waals surface area contributed by atoms with Gasteiger partial charge in [-0.3, -0.25) is 0 Å². The van der Waals surface area contributed by atoms with E-state index in [9.17, 15) is 0 Å². The second-order valence-electron chi connectivity index (χ2n) is 5.00. The van der Waals surface area contributed by atoms with Gasteiger partial charge >= 0.3 is 0 Å². The van der Waals surface area contributed by atoms with Crippen molar-refractivity contribution in [1.82, 2.24) is 0 Å². The van der Waals surface area contributed by atoms with E-state index in [1.807, 2.05) is 19.9 Å². The normalized spacial score (nSPS) is 22.4. The lowest BCUT2D eigenvalue weighted by molar-refractivity contribution is 0.288. The number of rotatable bonds is 6. The highest BCUT2D eigenvalue weighted by Crippen LogP contribution is 2.33. The molecule has 20 heavy (non-hydrogen) atoms. The van der Waals surface area contributed by atoms with E-state index in [0.29, 0.717) is 24.5 Å². The Balaban J connectivity index is 2.09. The van der Waals surface area contributed by atoms with Gasteiger partial charge < -0.3 is 14.8 Å². The molecule has 2 unspecified atom stereocenters. The van der Waals surface area contributed by atoms with Crippen LogP contribution in [0.1, 0.15) is 33.6 Å². The summed E-state index contributed by atoms with van der Waals surface area (Å²) in [5.74, 6) is 2.94. The van der Waals surface area contributed by atoms with Crippen molar-refractivity contribution in [1.29, 1.82) is 0 Å². The first-order valence-corrected chi connectivity index (χ1v) is 8.57. The van der Waals surface area contributed by atoms with Crippen molar-refractivity contribution in [2.75, 3.05) is 24.3 Å². The van der Waals surface area contributed by atoms with Gasteiger partial charge in [-0.15, -0.1) is 0 Å². The molecule has 0 bridgehead atoms. The maximum atomic E-state index is 5.68. The molecule has 1 N–H and O–H groups in total. The molecule has 1 aromatic rings.